The van der Waals surface area contributed by atoms with Gasteiger partial charge in [0.05, 0.1) is 12.2 Å². The number of imidazole rings is 1. The van der Waals surface area contributed by atoms with Crippen LogP contribution < -0.4 is 5.32 Å². The molecule has 0 atom stereocenters. The van der Waals surface area contributed by atoms with Crippen LogP contribution in [0.5, 0.6) is 0 Å². The largest absolute Gasteiger partial charge is 0.378 e. The van der Waals surface area contributed by atoms with Crippen LogP contribution in [0, 0.1) is 5.82 Å². The molecule has 0 saturated carbocycles. The van der Waals surface area contributed by atoms with Crippen LogP contribution in [0.1, 0.15) is 5.69 Å². The third kappa shape index (κ3) is 2.26. The minimum Gasteiger partial charge on any atom is -0.378 e. The zero-order valence-corrected chi connectivity index (χ0v) is 11.6. The summed E-state index contributed by atoms with van der Waals surface area (Å²) in [5.41, 5.74) is 1.81. The number of halogens is 2. The van der Waals surface area contributed by atoms with Crippen LogP contribution in [0.3, 0.4) is 0 Å². The normalized spacial score (nSPS) is 11.0. The maximum atomic E-state index is 12.9. The van der Waals surface area contributed by atoms with Gasteiger partial charge in [-0.2, -0.15) is 0 Å². The van der Waals surface area contributed by atoms with Crippen molar-refractivity contribution < 1.29 is 4.39 Å². The van der Waals surface area contributed by atoms with Gasteiger partial charge in [0.2, 0.25) is 0 Å². The van der Waals surface area contributed by atoms with Gasteiger partial charge in [0, 0.05) is 27.9 Å². The van der Waals surface area contributed by atoms with Crippen LogP contribution in [-0.4, -0.2) is 9.38 Å². The SMILES string of the molecule is Fc1ccc(NCc2cn3ccsc3n2)c(Br)c1. The summed E-state index contributed by atoms with van der Waals surface area (Å²) in [5.74, 6) is -0.255. The van der Waals surface area contributed by atoms with E-state index in [4.69, 9.17) is 0 Å². The van der Waals surface area contributed by atoms with E-state index in [1.807, 2.05) is 22.2 Å². The molecule has 18 heavy (non-hydrogen) atoms. The molecular weight excluding hydrogens is 317 g/mol. The van der Waals surface area contributed by atoms with E-state index in [-0.39, 0.29) is 5.82 Å². The van der Waals surface area contributed by atoms with Crippen LogP contribution in [-0.2, 0) is 6.54 Å². The lowest BCUT2D eigenvalue weighted by molar-refractivity contribution is 0.627. The number of hydrogen-bond acceptors (Lipinski definition) is 3. The molecule has 0 amide bonds. The number of nitrogens with zero attached hydrogens (tertiary/aromatic N) is 2. The molecule has 2 aromatic heterocycles. The summed E-state index contributed by atoms with van der Waals surface area (Å²) in [4.78, 5) is 5.44. The molecular formula is C12H9BrFN3S. The van der Waals surface area contributed by atoms with E-state index in [0.29, 0.717) is 11.0 Å². The van der Waals surface area contributed by atoms with Gasteiger partial charge in [-0.1, -0.05) is 0 Å². The van der Waals surface area contributed by atoms with Crippen molar-refractivity contribution in [2.24, 2.45) is 0 Å². The lowest BCUT2D eigenvalue weighted by Gasteiger charge is -2.06. The minimum atomic E-state index is -0.255. The van der Waals surface area contributed by atoms with Gasteiger partial charge in [0.15, 0.2) is 4.96 Å². The molecule has 0 bridgehead atoms. The fraction of sp³-hybridized carbons (Fsp3) is 0.0833. The van der Waals surface area contributed by atoms with Gasteiger partial charge in [-0.05, 0) is 34.1 Å². The maximum absolute atomic E-state index is 12.9. The number of rotatable bonds is 3. The number of hydrogen-bond donors (Lipinski definition) is 1. The third-order valence-electron chi connectivity index (χ3n) is 2.53. The van der Waals surface area contributed by atoms with Crippen LogP contribution >= 0.6 is 27.3 Å². The summed E-state index contributed by atoms with van der Waals surface area (Å²) in [6, 6.07) is 4.57. The van der Waals surface area contributed by atoms with E-state index in [2.05, 4.69) is 26.2 Å². The molecule has 0 saturated heterocycles. The van der Waals surface area contributed by atoms with E-state index in [1.165, 1.54) is 12.1 Å². The highest BCUT2D eigenvalue weighted by atomic mass is 79.9. The lowest BCUT2D eigenvalue weighted by atomic mass is 10.3. The Morgan fingerprint density at radius 2 is 2.33 bits per heavy atom. The van der Waals surface area contributed by atoms with Crippen molar-refractivity contribution in [2.75, 3.05) is 5.32 Å². The van der Waals surface area contributed by atoms with Gasteiger partial charge in [0.25, 0.3) is 0 Å². The van der Waals surface area contributed by atoms with Crippen molar-refractivity contribution in [3.8, 4) is 0 Å². The molecule has 0 aliphatic carbocycles. The molecule has 1 aromatic carbocycles. The van der Waals surface area contributed by atoms with Crippen molar-refractivity contribution in [3.63, 3.8) is 0 Å². The third-order valence-corrected chi connectivity index (χ3v) is 3.96. The molecule has 6 heteroatoms. The molecule has 3 aromatic rings. The van der Waals surface area contributed by atoms with Crippen molar-refractivity contribution in [1.29, 1.82) is 0 Å². The van der Waals surface area contributed by atoms with E-state index in [0.717, 1.165) is 16.3 Å². The van der Waals surface area contributed by atoms with Crippen LogP contribution in [0.4, 0.5) is 10.1 Å². The highest BCUT2D eigenvalue weighted by Gasteiger charge is 2.04. The van der Waals surface area contributed by atoms with Crippen LogP contribution in [0.25, 0.3) is 4.96 Å². The first kappa shape index (κ1) is 11.7. The van der Waals surface area contributed by atoms with Gasteiger partial charge in [-0.3, -0.25) is 4.40 Å². The highest BCUT2D eigenvalue weighted by molar-refractivity contribution is 9.10. The van der Waals surface area contributed by atoms with Crippen LogP contribution in [0.2, 0.25) is 0 Å². The molecule has 2 heterocycles. The smallest absolute Gasteiger partial charge is 0.193 e. The summed E-state index contributed by atoms with van der Waals surface area (Å²) in [5, 5.41) is 5.22. The molecule has 0 unspecified atom stereocenters. The van der Waals surface area contributed by atoms with Gasteiger partial charge >= 0.3 is 0 Å². The lowest BCUT2D eigenvalue weighted by Crippen LogP contribution is -2.00. The monoisotopic (exact) mass is 325 g/mol. The summed E-state index contributed by atoms with van der Waals surface area (Å²) in [6.45, 7) is 0.610. The number of fused-ring (bicyclic) bond motifs is 1. The molecule has 3 nitrogen and oxygen atoms in total. The standard InChI is InChI=1S/C12H9BrFN3S/c13-10-5-8(14)1-2-11(10)15-6-9-7-17-3-4-18-12(17)16-9/h1-5,7,15H,6H2. The van der Waals surface area contributed by atoms with E-state index in [1.54, 1.807) is 17.4 Å². The predicted octanol–water partition coefficient (Wildman–Crippen LogP) is 3.91. The second-order valence-electron chi connectivity index (χ2n) is 3.80. The molecule has 0 spiro atoms. The number of aromatic nitrogens is 2. The zero-order valence-electron chi connectivity index (χ0n) is 9.23. The summed E-state index contributed by atoms with van der Waals surface area (Å²) >= 11 is 4.92. The Kier molecular flexibility index (Phi) is 3.05. The summed E-state index contributed by atoms with van der Waals surface area (Å²) in [6.07, 6.45) is 3.96. The first-order valence-corrected chi connectivity index (χ1v) is 6.99. The maximum Gasteiger partial charge on any atom is 0.193 e. The Balaban J connectivity index is 1.76. The van der Waals surface area contributed by atoms with Gasteiger partial charge in [-0.15, -0.1) is 11.3 Å². The average Bonchev–Trinajstić information content (AvgIpc) is 2.88. The van der Waals surface area contributed by atoms with E-state index >= 15 is 0 Å². The predicted molar refractivity (Wildman–Crippen MR) is 74.5 cm³/mol. The van der Waals surface area contributed by atoms with Gasteiger partial charge in [0.1, 0.15) is 5.82 Å². The van der Waals surface area contributed by atoms with Crippen molar-refractivity contribution in [2.45, 2.75) is 6.54 Å². The zero-order chi connectivity index (χ0) is 12.5. The Hall–Kier alpha value is -1.40. The Morgan fingerprint density at radius 3 is 3.11 bits per heavy atom. The van der Waals surface area contributed by atoms with Crippen LogP contribution in [0.15, 0.2) is 40.4 Å². The fourth-order valence-electron chi connectivity index (χ4n) is 1.68. The van der Waals surface area contributed by atoms with Gasteiger partial charge < -0.3 is 5.32 Å². The fourth-order valence-corrected chi connectivity index (χ4v) is 2.89. The first-order chi connectivity index (χ1) is 8.72. The van der Waals surface area contributed by atoms with Crippen molar-refractivity contribution >= 4 is 37.9 Å². The Labute approximate surface area is 115 Å². The summed E-state index contributed by atoms with van der Waals surface area (Å²) in [7, 11) is 0. The molecule has 3 rings (SSSR count). The van der Waals surface area contributed by atoms with Crippen molar-refractivity contribution in [3.05, 3.63) is 52.0 Å². The Morgan fingerprint density at radius 1 is 1.44 bits per heavy atom. The first-order valence-electron chi connectivity index (χ1n) is 5.32. The number of nitrogens with one attached hydrogen (secondary N) is 1. The van der Waals surface area contributed by atoms with Crippen molar-refractivity contribution in [1.82, 2.24) is 9.38 Å². The molecule has 92 valence electrons. The second kappa shape index (κ2) is 4.70. The molecule has 1 N–H and O–H groups in total. The molecule has 0 aliphatic rings. The molecule has 0 aliphatic heterocycles. The topological polar surface area (TPSA) is 29.3 Å². The number of benzene rings is 1. The number of thiazole rings is 1. The quantitative estimate of drug-likeness (QED) is 0.791. The molecule has 0 radical (unpaired) electrons. The van der Waals surface area contributed by atoms with E-state index in [9.17, 15) is 4.39 Å². The number of anilines is 1. The minimum absolute atomic E-state index is 0.255. The summed E-state index contributed by atoms with van der Waals surface area (Å²) < 4.78 is 15.6. The average molecular weight is 326 g/mol. The Bertz CT molecular complexity index is 663. The highest BCUT2D eigenvalue weighted by Crippen LogP contribution is 2.23. The van der Waals surface area contributed by atoms with E-state index < -0.39 is 0 Å². The second-order valence-corrected chi connectivity index (χ2v) is 5.53. The molecule has 0 fully saturated rings. The van der Waals surface area contributed by atoms with Gasteiger partial charge in [-0.25, -0.2) is 9.37 Å².